The number of ether oxygens (including phenoxy) is 1. The van der Waals surface area contributed by atoms with Crippen molar-refractivity contribution in [2.45, 2.75) is 27.2 Å². The average molecular weight is 128 g/mol. The van der Waals surface area contributed by atoms with Gasteiger partial charge in [0.05, 0.1) is 12.4 Å². The zero-order chi connectivity index (χ0) is 7.28. The fraction of sp³-hybridized carbons (Fsp3) is 0.750. The molecule has 0 heterocycles. The van der Waals surface area contributed by atoms with E-state index in [0.717, 1.165) is 18.8 Å². The Morgan fingerprint density at radius 3 is 2.44 bits per heavy atom. The van der Waals surface area contributed by atoms with Crippen LogP contribution in [0.2, 0.25) is 0 Å². The molecule has 1 heteroatoms. The summed E-state index contributed by atoms with van der Waals surface area (Å²) < 4.78 is 5.26. The van der Waals surface area contributed by atoms with Crippen molar-refractivity contribution in [3.05, 3.63) is 12.3 Å². The summed E-state index contributed by atoms with van der Waals surface area (Å²) in [4.78, 5) is 0. The van der Waals surface area contributed by atoms with E-state index in [0.29, 0.717) is 5.92 Å². The van der Waals surface area contributed by atoms with Crippen molar-refractivity contribution < 1.29 is 4.74 Å². The SMILES string of the molecule is C=C(CC)OCC(C)C. The molecule has 0 aromatic rings. The van der Waals surface area contributed by atoms with Gasteiger partial charge in [0.1, 0.15) is 0 Å². The average Bonchev–Trinajstić information content (AvgIpc) is 1.83. The molecule has 0 aliphatic heterocycles. The molecule has 0 fully saturated rings. The molecule has 0 radical (unpaired) electrons. The molecular formula is C8H16O. The Hall–Kier alpha value is -0.460. The Morgan fingerprint density at radius 2 is 2.11 bits per heavy atom. The van der Waals surface area contributed by atoms with Crippen LogP contribution in [-0.2, 0) is 4.74 Å². The standard InChI is InChI=1S/C8H16O/c1-5-8(4)9-6-7(2)3/h7H,4-6H2,1-3H3. The lowest BCUT2D eigenvalue weighted by Gasteiger charge is -2.08. The Labute approximate surface area is 57.7 Å². The fourth-order valence-corrected chi connectivity index (χ4v) is 0.387. The van der Waals surface area contributed by atoms with Crippen molar-refractivity contribution in [1.29, 1.82) is 0 Å². The van der Waals surface area contributed by atoms with Crippen LogP contribution in [0.15, 0.2) is 12.3 Å². The summed E-state index contributed by atoms with van der Waals surface area (Å²) in [7, 11) is 0. The number of hydrogen-bond acceptors (Lipinski definition) is 1. The second-order valence-corrected chi connectivity index (χ2v) is 2.60. The highest BCUT2D eigenvalue weighted by Gasteiger charge is 1.93. The number of rotatable bonds is 4. The summed E-state index contributed by atoms with van der Waals surface area (Å²) in [6.07, 6.45) is 0.923. The minimum Gasteiger partial charge on any atom is -0.498 e. The monoisotopic (exact) mass is 128 g/mol. The van der Waals surface area contributed by atoms with Gasteiger partial charge in [-0.1, -0.05) is 27.4 Å². The second-order valence-electron chi connectivity index (χ2n) is 2.60. The Kier molecular flexibility index (Phi) is 4.20. The highest BCUT2D eigenvalue weighted by molar-refractivity contribution is 4.79. The molecule has 0 aliphatic rings. The maximum atomic E-state index is 5.26. The van der Waals surface area contributed by atoms with Gasteiger partial charge in [-0.15, -0.1) is 0 Å². The van der Waals surface area contributed by atoms with Gasteiger partial charge in [0.15, 0.2) is 0 Å². The predicted molar refractivity (Wildman–Crippen MR) is 40.2 cm³/mol. The van der Waals surface area contributed by atoms with E-state index >= 15 is 0 Å². The molecular weight excluding hydrogens is 112 g/mol. The molecule has 0 amide bonds. The number of allylic oxidation sites excluding steroid dienone is 1. The number of hydrogen-bond donors (Lipinski definition) is 0. The van der Waals surface area contributed by atoms with E-state index in [9.17, 15) is 0 Å². The topological polar surface area (TPSA) is 9.23 Å². The first-order chi connectivity index (χ1) is 4.16. The van der Waals surface area contributed by atoms with Crippen LogP contribution in [0, 0.1) is 5.92 Å². The molecule has 0 rings (SSSR count). The van der Waals surface area contributed by atoms with Crippen molar-refractivity contribution in [3.8, 4) is 0 Å². The van der Waals surface area contributed by atoms with Gasteiger partial charge in [0, 0.05) is 6.42 Å². The van der Waals surface area contributed by atoms with Gasteiger partial charge in [-0.3, -0.25) is 0 Å². The summed E-state index contributed by atoms with van der Waals surface area (Å²) in [6.45, 7) is 10.8. The predicted octanol–water partition coefficient (Wildman–Crippen LogP) is 2.58. The third kappa shape index (κ3) is 5.41. The van der Waals surface area contributed by atoms with Crippen LogP contribution in [0.5, 0.6) is 0 Å². The Balaban J connectivity index is 3.17. The third-order valence-corrected chi connectivity index (χ3v) is 1.02. The molecule has 0 saturated heterocycles. The normalized spacial score (nSPS) is 9.78. The smallest absolute Gasteiger partial charge is 0.0899 e. The molecule has 0 saturated carbocycles. The van der Waals surface area contributed by atoms with Crippen LogP contribution in [0.4, 0.5) is 0 Å². The molecule has 0 spiro atoms. The molecule has 0 atom stereocenters. The van der Waals surface area contributed by atoms with Gasteiger partial charge in [0.2, 0.25) is 0 Å². The van der Waals surface area contributed by atoms with Crippen LogP contribution in [0.3, 0.4) is 0 Å². The van der Waals surface area contributed by atoms with Crippen molar-refractivity contribution in [2.75, 3.05) is 6.61 Å². The van der Waals surface area contributed by atoms with Crippen molar-refractivity contribution in [3.63, 3.8) is 0 Å². The summed E-state index contributed by atoms with van der Waals surface area (Å²) in [5.74, 6) is 1.50. The van der Waals surface area contributed by atoms with Gasteiger partial charge in [-0.05, 0) is 5.92 Å². The molecule has 1 nitrogen and oxygen atoms in total. The lowest BCUT2D eigenvalue weighted by molar-refractivity contribution is 0.174. The first-order valence-electron chi connectivity index (χ1n) is 3.47. The van der Waals surface area contributed by atoms with Gasteiger partial charge < -0.3 is 4.74 Å². The molecule has 0 aromatic heterocycles. The fourth-order valence-electron chi connectivity index (χ4n) is 0.387. The summed E-state index contributed by atoms with van der Waals surface area (Å²) in [5.41, 5.74) is 0. The first kappa shape index (κ1) is 8.54. The van der Waals surface area contributed by atoms with Crippen molar-refractivity contribution in [1.82, 2.24) is 0 Å². The van der Waals surface area contributed by atoms with Gasteiger partial charge in [0.25, 0.3) is 0 Å². The third-order valence-electron chi connectivity index (χ3n) is 1.02. The van der Waals surface area contributed by atoms with E-state index < -0.39 is 0 Å². The van der Waals surface area contributed by atoms with Crippen molar-refractivity contribution >= 4 is 0 Å². The molecule has 9 heavy (non-hydrogen) atoms. The molecule has 54 valence electrons. The lowest BCUT2D eigenvalue weighted by Crippen LogP contribution is -2.00. The van der Waals surface area contributed by atoms with Crippen LogP contribution >= 0.6 is 0 Å². The van der Waals surface area contributed by atoms with E-state index in [2.05, 4.69) is 20.4 Å². The molecule has 0 N–H and O–H groups in total. The van der Waals surface area contributed by atoms with Gasteiger partial charge in [-0.25, -0.2) is 0 Å². The summed E-state index contributed by atoms with van der Waals surface area (Å²) in [6, 6.07) is 0. The maximum Gasteiger partial charge on any atom is 0.0899 e. The van der Waals surface area contributed by atoms with E-state index in [1.54, 1.807) is 0 Å². The zero-order valence-corrected chi connectivity index (χ0v) is 6.61. The van der Waals surface area contributed by atoms with Gasteiger partial charge in [-0.2, -0.15) is 0 Å². The highest BCUT2D eigenvalue weighted by atomic mass is 16.5. The Morgan fingerprint density at radius 1 is 1.56 bits per heavy atom. The molecule has 0 aliphatic carbocycles. The minimum atomic E-state index is 0.605. The largest absolute Gasteiger partial charge is 0.498 e. The van der Waals surface area contributed by atoms with Crippen molar-refractivity contribution in [2.24, 2.45) is 5.92 Å². The van der Waals surface area contributed by atoms with Crippen LogP contribution in [0.1, 0.15) is 27.2 Å². The van der Waals surface area contributed by atoms with Crippen LogP contribution in [-0.4, -0.2) is 6.61 Å². The molecule has 0 bridgehead atoms. The van der Waals surface area contributed by atoms with E-state index in [4.69, 9.17) is 4.74 Å². The summed E-state index contributed by atoms with van der Waals surface area (Å²) >= 11 is 0. The zero-order valence-electron chi connectivity index (χ0n) is 6.61. The first-order valence-corrected chi connectivity index (χ1v) is 3.47. The lowest BCUT2D eigenvalue weighted by atomic mass is 10.2. The Bertz CT molecular complexity index is 84.6. The van der Waals surface area contributed by atoms with Gasteiger partial charge >= 0.3 is 0 Å². The van der Waals surface area contributed by atoms with E-state index in [1.165, 1.54) is 0 Å². The summed E-state index contributed by atoms with van der Waals surface area (Å²) in [5, 5.41) is 0. The van der Waals surface area contributed by atoms with E-state index in [1.807, 2.05) is 6.92 Å². The van der Waals surface area contributed by atoms with Crippen LogP contribution in [0.25, 0.3) is 0 Å². The molecule has 0 aromatic carbocycles. The quantitative estimate of drug-likeness (QED) is 0.529. The minimum absolute atomic E-state index is 0.605. The second kappa shape index (κ2) is 4.42. The van der Waals surface area contributed by atoms with Crippen LogP contribution < -0.4 is 0 Å². The maximum absolute atomic E-state index is 5.26. The van der Waals surface area contributed by atoms with E-state index in [-0.39, 0.29) is 0 Å². The highest BCUT2D eigenvalue weighted by Crippen LogP contribution is 2.01. The molecule has 0 unspecified atom stereocenters.